The van der Waals surface area contributed by atoms with Crippen LogP contribution >= 0.6 is 22.9 Å². The van der Waals surface area contributed by atoms with E-state index in [4.69, 9.17) is 17.3 Å². The fourth-order valence-corrected chi connectivity index (χ4v) is 5.37. The fourth-order valence-electron chi connectivity index (χ4n) is 4.06. The van der Waals surface area contributed by atoms with Crippen LogP contribution in [0.2, 0.25) is 5.02 Å². The van der Waals surface area contributed by atoms with Crippen molar-refractivity contribution >= 4 is 39.0 Å². The molecule has 3 N–H and O–H groups in total. The van der Waals surface area contributed by atoms with Gasteiger partial charge >= 0.3 is 6.18 Å². The van der Waals surface area contributed by atoms with Gasteiger partial charge in [0.2, 0.25) is 0 Å². The van der Waals surface area contributed by atoms with Crippen LogP contribution in [0.15, 0.2) is 79.1 Å². The van der Waals surface area contributed by atoms with E-state index in [1.54, 1.807) is 48.8 Å². The highest BCUT2D eigenvalue weighted by molar-refractivity contribution is 7.20. The molecule has 0 radical (unpaired) electrons. The van der Waals surface area contributed by atoms with Crippen LogP contribution in [0.5, 0.6) is 0 Å². The molecular formula is C27H21ClF3N5S. The van der Waals surface area contributed by atoms with E-state index in [9.17, 15) is 13.2 Å². The Kier molecular flexibility index (Phi) is 7.10. The van der Waals surface area contributed by atoms with Gasteiger partial charge in [0.25, 0.3) is 0 Å². The van der Waals surface area contributed by atoms with E-state index in [2.05, 4.69) is 20.3 Å². The summed E-state index contributed by atoms with van der Waals surface area (Å²) in [5.41, 5.74) is 8.41. The summed E-state index contributed by atoms with van der Waals surface area (Å²) in [6.07, 6.45) is -0.856. The van der Waals surface area contributed by atoms with Gasteiger partial charge in [0.1, 0.15) is 10.7 Å². The van der Waals surface area contributed by atoms with Crippen LogP contribution < -0.4 is 11.1 Å². The zero-order chi connectivity index (χ0) is 26.0. The summed E-state index contributed by atoms with van der Waals surface area (Å²) in [4.78, 5) is 12.4. The second-order valence-electron chi connectivity index (χ2n) is 8.42. The van der Waals surface area contributed by atoms with Gasteiger partial charge in [-0.1, -0.05) is 60.1 Å². The van der Waals surface area contributed by atoms with Gasteiger partial charge < -0.3 is 11.1 Å². The van der Waals surface area contributed by atoms with Crippen molar-refractivity contribution in [3.05, 3.63) is 94.6 Å². The summed E-state index contributed by atoms with van der Waals surface area (Å²) in [6, 6.07) is 19.3. The lowest BCUT2D eigenvalue weighted by Gasteiger charge is -2.15. The first-order chi connectivity index (χ1) is 17.8. The number of benzene rings is 2. The average Bonchev–Trinajstić information content (AvgIpc) is 3.29. The Labute approximate surface area is 220 Å². The largest absolute Gasteiger partial charge is 0.426 e. The number of thiophene rings is 1. The van der Waals surface area contributed by atoms with Crippen LogP contribution in [-0.4, -0.2) is 27.5 Å². The summed E-state index contributed by atoms with van der Waals surface area (Å²) < 4.78 is 43.1. The molecule has 0 unspecified atom stereocenters. The van der Waals surface area contributed by atoms with Crippen molar-refractivity contribution < 1.29 is 13.2 Å². The first-order valence-corrected chi connectivity index (χ1v) is 12.6. The molecule has 0 saturated heterocycles. The number of nitrogens with zero attached hydrogens (tertiary/aromatic N) is 3. The van der Waals surface area contributed by atoms with E-state index < -0.39 is 11.1 Å². The van der Waals surface area contributed by atoms with Crippen LogP contribution in [0.4, 0.5) is 19.0 Å². The van der Waals surface area contributed by atoms with Crippen molar-refractivity contribution in [1.29, 1.82) is 0 Å². The molecule has 0 aliphatic carbocycles. The van der Waals surface area contributed by atoms with Gasteiger partial charge in [-0.2, -0.15) is 13.2 Å². The van der Waals surface area contributed by atoms with E-state index in [0.29, 0.717) is 29.9 Å². The molecule has 1 atom stereocenters. The molecule has 3 aromatic heterocycles. The number of pyridine rings is 1. The number of aromatic nitrogens is 3. The lowest BCUT2D eigenvalue weighted by molar-refractivity contribution is -0.133. The van der Waals surface area contributed by atoms with E-state index in [0.717, 1.165) is 5.56 Å². The minimum atomic E-state index is -4.61. The Morgan fingerprint density at radius 2 is 1.65 bits per heavy atom. The van der Waals surface area contributed by atoms with Crippen molar-refractivity contribution in [3.63, 3.8) is 0 Å². The third-order valence-corrected chi connectivity index (χ3v) is 7.31. The molecule has 0 amide bonds. The molecule has 5 nitrogen and oxygen atoms in total. The topological polar surface area (TPSA) is 76.7 Å². The number of hydrogen-bond acceptors (Lipinski definition) is 6. The van der Waals surface area contributed by atoms with E-state index in [-0.39, 0.29) is 44.1 Å². The predicted molar refractivity (Wildman–Crippen MR) is 143 cm³/mol. The van der Waals surface area contributed by atoms with Gasteiger partial charge in [-0.05, 0) is 30.2 Å². The minimum absolute atomic E-state index is 0.0626. The quantitative estimate of drug-likeness (QED) is 0.231. The van der Waals surface area contributed by atoms with Gasteiger partial charge in [0, 0.05) is 46.7 Å². The maximum Gasteiger partial charge on any atom is 0.426 e. The number of alkyl halides is 3. The molecular weight excluding hydrogens is 519 g/mol. The highest BCUT2D eigenvalue weighted by Crippen LogP contribution is 2.49. The lowest BCUT2D eigenvalue weighted by Crippen LogP contribution is -2.31. The molecule has 2 aromatic carbocycles. The zero-order valence-corrected chi connectivity index (χ0v) is 20.9. The second-order valence-corrected chi connectivity index (χ2v) is 9.85. The van der Waals surface area contributed by atoms with Crippen molar-refractivity contribution in [3.8, 4) is 22.5 Å². The number of nitrogens with two attached hydrogens (primary N) is 1. The van der Waals surface area contributed by atoms with E-state index in [1.165, 1.54) is 0 Å². The third kappa shape index (κ3) is 5.44. The van der Waals surface area contributed by atoms with Crippen LogP contribution in [0, 0.1) is 0 Å². The molecule has 0 bridgehead atoms. The molecule has 37 heavy (non-hydrogen) atoms. The molecule has 0 aliphatic heterocycles. The first kappa shape index (κ1) is 25.1. The fraction of sp³-hybridized carbons (Fsp3) is 0.148. The van der Waals surface area contributed by atoms with Crippen molar-refractivity contribution in [2.75, 3.05) is 11.9 Å². The maximum atomic E-state index is 14.3. The maximum absolute atomic E-state index is 14.3. The standard InChI is InChI=1S/C27H21ClF3N5S/c28-20-9-5-4-8-19(20)21-22-23(37-24(21)27(29,30)31)26(36-25(35-22)17-10-12-33-13-11-17)34-15-18(32)14-16-6-2-1-3-7-16/h1-13,18H,14-15,32H2,(H,34,35,36)/t18-/m0/s1. The summed E-state index contributed by atoms with van der Waals surface area (Å²) in [6.45, 7) is 0.303. The third-order valence-electron chi connectivity index (χ3n) is 5.75. The number of fused-ring (bicyclic) bond motifs is 1. The summed E-state index contributed by atoms with van der Waals surface area (Å²) in [5.74, 6) is 0.558. The predicted octanol–water partition coefficient (Wildman–Crippen LogP) is 7.07. The Balaban J connectivity index is 1.64. The molecule has 188 valence electrons. The number of nitrogens with one attached hydrogen (secondary N) is 1. The van der Waals surface area contributed by atoms with Crippen molar-refractivity contribution in [1.82, 2.24) is 15.0 Å². The molecule has 0 aliphatic rings. The van der Waals surface area contributed by atoms with Crippen LogP contribution in [0.1, 0.15) is 10.4 Å². The van der Waals surface area contributed by atoms with Crippen LogP contribution in [0.25, 0.3) is 32.7 Å². The SMILES string of the molecule is N[C@H](CNc1nc(-c2ccncc2)nc2c(-c3ccccc3Cl)c(C(F)(F)F)sc12)Cc1ccccc1. The van der Waals surface area contributed by atoms with Crippen molar-refractivity contribution in [2.45, 2.75) is 18.6 Å². The number of halogens is 4. The van der Waals surface area contributed by atoms with Gasteiger partial charge in [0.05, 0.1) is 10.2 Å². The molecule has 0 fully saturated rings. The van der Waals surface area contributed by atoms with E-state index >= 15 is 0 Å². The number of hydrogen-bond donors (Lipinski definition) is 2. The van der Waals surface area contributed by atoms with Gasteiger partial charge in [-0.3, -0.25) is 4.98 Å². The Morgan fingerprint density at radius 3 is 2.35 bits per heavy atom. The Morgan fingerprint density at radius 1 is 0.946 bits per heavy atom. The highest BCUT2D eigenvalue weighted by atomic mass is 35.5. The molecule has 3 heterocycles. The molecule has 10 heteroatoms. The summed E-state index contributed by atoms with van der Waals surface area (Å²) >= 11 is 6.96. The first-order valence-electron chi connectivity index (χ1n) is 11.4. The average molecular weight is 540 g/mol. The molecule has 0 saturated carbocycles. The molecule has 0 spiro atoms. The van der Waals surface area contributed by atoms with Crippen molar-refractivity contribution in [2.24, 2.45) is 5.73 Å². The van der Waals surface area contributed by atoms with E-state index in [1.807, 2.05) is 30.3 Å². The number of anilines is 1. The highest BCUT2D eigenvalue weighted by Gasteiger charge is 2.39. The van der Waals surface area contributed by atoms with Gasteiger partial charge in [-0.15, -0.1) is 11.3 Å². The summed E-state index contributed by atoms with van der Waals surface area (Å²) in [5, 5.41) is 3.40. The van der Waals surface area contributed by atoms with Crippen LogP contribution in [-0.2, 0) is 12.6 Å². The van der Waals surface area contributed by atoms with Gasteiger partial charge in [-0.25, -0.2) is 9.97 Å². The van der Waals surface area contributed by atoms with Crippen LogP contribution in [0.3, 0.4) is 0 Å². The normalized spacial score (nSPS) is 12.6. The summed E-state index contributed by atoms with van der Waals surface area (Å²) in [7, 11) is 0. The zero-order valence-electron chi connectivity index (χ0n) is 19.3. The Hall–Kier alpha value is -3.53. The van der Waals surface area contributed by atoms with Gasteiger partial charge in [0.15, 0.2) is 5.82 Å². The monoisotopic (exact) mass is 539 g/mol. The molecule has 5 rings (SSSR count). The smallest absolute Gasteiger partial charge is 0.367 e. The molecule has 5 aromatic rings. The Bertz CT molecular complexity index is 1520. The minimum Gasteiger partial charge on any atom is -0.367 e. The number of rotatable bonds is 7. The second kappa shape index (κ2) is 10.5. The lowest BCUT2D eigenvalue weighted by atomic mass is 10.0.